The van der Waals surface area contributed by atoms with Gasteiger partial charge in [-0.05, 0) is 73.1 Å². The second-order valence-corrected chi connectivity index (χ2v) is 7.63. The molecule has 2 heteroatoms. The third-order valence-corrected chi connectivity index (χ3v) is 6.08. The van der Waals surface area contributed by atoms with Crippen LogP contribution in [0.5, 0.6) is 5.75 Å². The lowest BCUT2D eigenvalue weighted by atomic mass is 9.45. The average Bonchev–Trinajstić information content (AvgIpc) is 2.56. The van der Waals surface area contributed by atoms with Gasteiger partial charge in [-0.1, -0.05) is 25.7 Å². The summed E-state index contributed by atoms with van der Waals surface area (Å²) in [4.78, 5) is 0. The van der Waals surface area contributed by atoms with Crippen molar-refractivity contribution in [3.63, 3.8) is 0 Å². The van der Waals surface area contributed by atoms with E-state index in [2.05, 4.69) is 25.7 Å². The van der Waals surface area contributed by atoms with Gasteiger partial charge >= 0.3 is 0 Å². The molecule has 1 aromatic carbocycles. The summed E-state index contributed by atoms with van der Waals surface area (Å²) in [5.41, 5.74) is 1.54. The monoisotopic (exact) mass is 312 g/mol. The second-order valence-electron chi connectivity index (χ2n) is 7.63. The van der Waals surface area contributed by atoms with Gasteiger partial charge < -0.3 is 9.84 Å². The first-order valence-corrected chi connectivity index (χ1v) is 8.94. The molecule has 2 bridgehead atoms. The molecule has 3 atom stereocenters. The number of aliphatic hydroxyl groups excluding tert-OH is 1. The zero-order valence-corrected chi connectivity index (χ0v) is 14.3. The Morgan fingerprint density at radius 3 is 2.65 bits per heavy atom. The standard InChI is InChI=1S/C21H28O2/c1-21(2)18-9-8-17(20(21)15-18)12-14-23-19-10-6-16(7-11-19)5-3-4-13-22/h6-7,10-11,17-18,20,22H,4,8-9,12-15H2,1-2H3. The molecular formula is C21H28O2. The first-order valence-electron chi connectivity index (χ1n) is 8.94. The van der Waals surface area contributed by atoms with E-state index in [0.717, 1.165) is 35.7 Å². The summed E-state index contributed by atoms with van der Waals surface area (Å²) in [5, 5.41) is 8.72. The third kappa shape index (κ3) is 3.56. The predicted octanol–water partition coefficient (Wildman–Crippen LogP) is 4.26. The highest BCUT2D eigenvalue weighted by Gasteiger charge is 2.53. The minimum Gasteiger partial charge on any atom is -0.494 e. The Morgan fingerprint density at radius 1 is 1.22 bits per heavy atom. The summed E-state index contributed by atoms with van der Waals surface area (Å²) >= 11 is 0. The maximum Gasteiger partial charge on any atom is 0.119 e. The normalized spacial score (nSPS) is 27.5. The molecule has 0 radical (unpaired) electrons. The molecule has 0 heterocycles. The van der Waals surface area contributed by atoms with Crippen molar-refractivity contribution in [3.8, 4) is 17.6 Å². The number of ether oxygens (including phenoxy) is 1. The summed E-state index contributed by atoms with van der Waals surface area (Å²) < 4.78 is 5.93. The molecule has 4 rings (SSSR count). The largest absolute Gasteiger partial charge is 0.494 e. The lowest BCUT2D eigenvalue weighted by Gasteiger charge is -2.60. The van der Waals surface area contributed by atoms with Crippen molar-refractivity contribution in [2.75, 3.05) is 13.2 Å². The molecule has 3 aliphatic carbocycles. The van der Waals surface area contributed by atoms with Crippen LogP contribution in [0.2, 0.25) is 0 Å². The van der Waals surface area contributed by atoms with Gasteiger partial charge in [-0.15, -0.1) is 0 Å². The molecule has 1 N–H and O–H groups in total. The van der Waals surface area contributed by atoms with Crippen LogP contribution in [0.1, 0.15) is 51.5 Å². The van der Waals surface area contributed by atoms with E-state index >= 15 is 0 Å². The average molecular weight is 312 g/mol. The number of hydrogen-bond donors (Lipinski definition) is 1. The van der Waals surface area contributed by atoms with Crippen LogP contribution >= 0.6 is 0 Å². The smallest absolute Gasteiger partial charge is 0.119 e. The molecule has 0 saturated heterocycles. The quantitative estimate of drug-likeness (QED) is 0.823. The van der Waals surface area contributed by atoms with E-state index in [1.54, 1.807) is 0 Å². The molecule has 124 valence electrons. The van der Waals surface area contributed by atoms with Crippen LogP contribution in [-0.4, -0.2) is 18.3 Å². The Balaban J connectivity index is 1.45. The SMILES string of the molecule is CC1(C)C2CCC(CCOc3ccc(C#CCCO)cc3)C1C2. The van der Waals surface area contributed by atoms with E-state index in [0.29, 0.717) is 11.8 Å². The Hall–Kier alpha value is -1.46. The van der Waals surface area contributed by atoms with Gasteiger partial charge in [-0.3, -0.25) is 0 Å². The van der Waals surface area contributed by atoms with Gasteiger partial charge in [-0.25, -0.2) is 0 Å². The van der Waals surface area contributed by atoms with Crippen molar-refractivity contribution in [2.45, 2.75) is 46.0 Å². The second kappa shape index (κ2) is 6.97. The Bertz CT molecular complexity index is 574. The summed E-state index contributed by atoms with van der Waals surface area (Å²) in [7, 11) is 0. The summed E-state index contributed by atoms with van der Waals surface area (Å²) in [6, 6.07) is 7.96. The minimum atomic E-state index is 0.119. The molecule has 23 heavy (non-hydrogen) atoms. The van der Waals surface area contributed by atoms with Gasteiger partial charge in [0, 0.05) is 12.0 Å². The zero-order chi connectivity index (χ0) is 16.3. The molecule has 3 fully saturated rings. The van der Waals surface area contributed by atoms with Crippen molar-refractivity contribution in [3.05, 3.63) is 29.8 Å². The van der Waals surface area contributed by atoms with Crippen molar-refractivity contribution in [1.82, 2.24) is 0 Å². The third-order valence-electron chi connectivity index (χ3n) is 6.08. The van der Waals surface area contributed by atoms with Crippen molar-refractivity contribution >= 4 is 0 Å². The number of hydrogen-bond acceptors (Lipinski definition) is 2. The summed E-state index contributed by atoms with van der Waals surface area (Å²) in [5.74, 6) is 9.63. The van der Waals surface area contributed by atoms with Crippen molar-refractivity contribution < 1.29 is 9.84 Å². The van der Waals surface area contributed by atoms with Gasteiger partial charge in [-0.2, -0.15) is 0 Å². The van der Waals surface area contributed by atoms with Gasteiger partial charge in [0.2, 0.25) is 0 Å². The lowest BCUT2D eigenvalue weighted by Crippen LogP contribution is -2.52. The number of fused-ring (bicyclic) bond motifs is 2. The highest BCUT2D eigenvalue weighted by atomic mass is 16.5. The molecule has 3 unspecified atom stereocenters. The fourth-order valence-corrected chi connectivity index (χ4v) is 4.49. The fourth-order valence-electron chi connectivity index (χ4n) is 4.49. The molecule has 3 aliphatic rings. The lowest BCUT2D eigenvalue weighted by molar-refractivity contribution is -0.108. The highest BCUT2D eigenvalue weighted by Crippen LogP contribution is 2.61. The van der Waals surface area contributed by atoms with E-state index in [1.165, 1.54) is 25.7 Å². The molecule has 0 aliphatic heterocycles. The number of aliphatic hydroxyl groups is 1. The van der Waals surface area contributed by atoms with Crippen LogP contribution in [0.3, 0.4) is 0 Å². The Labute approximate surface area is 140 Å². The Morgan fingerprint density at radius 2 is 2.00 bits per heavy atom. The maximum atomic E-state index is 8.72. The molecule has 0 aromatic heterocycles. The van der Waals surface area contributed by atoms with Crippen LogP contribution < -0.4 is 4.74 Å². The van der Waals surface area contributed by atoms with Crippen LogP contribution in [0.15, 0.2) is 24.3 Å². The molecule has 1 aromatic rings. The van der Waals surface area contributed by atoms with Crippen LogP contribution in [-0.2, 0) is 0 Å². The Kier molecular flexibility index (Phi) is 4.97. The van der Waals surface area contributed by atoms with E-state index in [1.807, 2.05) is 24.3 Å². The van der Waals surface area contributed by atoms with Gasteiger partial charge in [0.05, 0.1) is 13.2 Å². The fraction of sp³-hybridized carbons (Fsp3) is 0.619. The number of benzene rings is 1. The van der Waals surface area contributed by atoms with Crippen molar-refractivity contribution in [1.29, 1.82) is 0 Å². The van der Waals surface area contributed by atoms with Crippen LogP contribution in [0, 0.1) is 35.0 Å². The van der Waals surface area contributed by atoms with E-state index < -0.39 is 0 Å². The topological polar surface area (TPSA) is 29.5 Å². The van der Waals surface area contributed by atoms with Crippen molar-refractivity contribution in [2.24, 2.45) is 23.2 Å². The van der Waals surface area contributed by atoms with Gasteiger partial charge in [0.25, 0.3) is 0 Å². The van der Waals surface area contributed by atoms with Crippen LogP contribution in [0.25, 0.3) is 0 Å². The van der Waals surface area contributed by atoms with E-state index in [9.17, 15) is 0 Å². The van der Waals surface area contributed by atoms with Crippen LogP contribution in [0.4, 0.5) is 0 Å². The van der Waals surface area contributed by atoms with Gasteiger partial charge in [0.15, 0.2) is 0 Å². The van der Waals surface area contributed by atoms with E-state index in [-0.39, 0.29) is 6.61 Å². The molecule has 0 amide bonds. The molecule has 0 spiro atoms. The van der Waals surface area contributed by atoms with Gasteiger partial charge in [0.1, 0.15) is 5.75 Å². The first-order chi connectivity index (χ1) is 11.1. The maximum absolute atomic E-state index is 8.72. The molecule has 2 nitrogen and oxygen atoms in total. The number of rotatable bonds is 5. The first kappa shape index (κ1) is 16.4. The molecular weight excluding hydrogens is 284 g/mol. The summed E-state index contributed by atoms with van der Waals surface area (Å²) in [6.45, 7) is 5.84. The highest BCUT2D eigenvalue weighted by molar-refractivity contribution is 5.38. The zero-order valence-electron chi connectivity index (χ0n) is 14.3. The minimum absolute atomic E-state index is 0.119. The molecule has 3 saturated carbocycles. The summed E-state index contributed by atoms with van der Waals surface area (Å²) in [6.07, 6.45) is 5.95. The van der Waals surface area contributed by atoms with E-state index in [4.69, 9.17) is 9.84 Å². The predicted molar refractivity (Wildman–Crippen MR) is 93.2 cm³/mol.